The second-order valence-corrected chi connectivity index (χ2v) is 11.9. The molecule has 254 valence electrons. The number of esters is 2. The van der Waals surface area contributed by atoms with Crippen LogP contribution in [0.3, 0.4) is 0 Å². The molecule has 2 heterocycles. The van der Waals surface area contributed by atoms with Crippen LogP contribution < -0.4 is 21.9 Å². The fourth-order valence-electron chi connectivity index (χ4n) is 4.43. The van der Waals surface area contributed by atoms with E-state index >= 15 is 0 Å². The molecule has 15 heteroatoms. The largest absolute Gasteiger partial charge is 0.490 e. The van der Waals surface area contributed by atoms with E-state index in [9.17, 15) is 14.9 Å². The molecule has 2 aromatic heterocycles. The summed E-state index contributed by atoms with van der Waals surface area (Å²) in [6.07, 6.45) is 1.85. The normalized spacial score (nSPS) is 11.3. The van der Waals surface area contributed by atoms with Gasteiger partial charge in [-0.15, -0.1) is 0 Å². The van der Waals surface area contributed by atoms with Gasteiger partial charge in [0.1, 0.15) is 42.1 Å². The predicted molar refractivity (Wildman–Crippen MR) is 184 cm³/mol. The number of anilines is 1. The average Bonchev–Trinajstić information content (AvgIpc) is 3.59. The number of rotatable bonds is 17. The number of nitriles is 1. The third-order valence-corrected chi connectivity index (χ3v) is 8.13. The number of hydrogen-bond acceptors (Lipinski definition) is 13. The maximum atomic E-state index is 12.2. The highest BCUT2D eigenvalue weighted by Gasteiger charge is 2.22. The molecule has 0 saturated carbocycles. The van der Waals surface area contributed by atoms with E-state index in [4.69, 9.17) is 54.0 Å². The summed E-state index contributed by atoms with van der Waals surface area (Å²) in [5.41, 5.74) is 19.6. The summed E-state index contributed by atoms with van der Waals surface area (Å²) in [7, 11) is 0. The first-order chi connectivity index (χ1) is 23.8. The molecule has 0 radical (unpaired) electrons. The van der Waals surface area contributed by atoms with Gasteiger partial charge in [-0.05, 0) is 67.9 Å². The van der Waals surface area contributed by atoms with Crippen molar-refractivity contribution in [1.82, 2.24) is 9.97 Å². The van der Waals surface area contributed by atoms with E-state index in [0.29, 0.717) is 70.2 Å². The molecule has 13 nitrogen and oxygen atoms in total. The number of carbonyl (C=O) groups excluding carboxylic acids is 2. The summed E-state index contributed by atoms with van der Waals surface area (Å²) in [6, 6.07) is 15.9. The number of ether oxygens (including phenoxy) is 3. The van der Waals surface area contributed by atoms with Crippen molar-refractivity contribution in [1.29, 1.82) is 5.26 Å². The Kier molecular flexibility index (Phi) is 13.8. The van der Waals surface area contributed by atoms with Crippen LogP contribution in [0.25, 0.3) is 27.4 Å². The monoisotopic (exact) mass is 703 g/mol. The number of nitrogens with two attached hydrogens (primary N) is 3. The van der Waals surface area contributed by atoms with Crippen LogP contribution in [0.2, 0.25) is 5.02 Å². The number of nitrogen functional groups attached to an aromatic ring is 1. The minimum atomic E-state index is -0.864. The first-order valence-electron chi connectivity index (χ1n) is 15.2. The van der Waals surface area contributed by atoms with Gasteiger partial charge in [0.2, 0.25) is 11.6 Å². The number of thioether (sulfide) groups is 1. The average molecular weight is 704 g/mol. The van der Waals surface area contributed by atoms with Gasteiger partial charge in [0.05, 0.1) is 17.8 Å². The van der Waals surface area contributed by atoms with E-state index < -0.39 is 18.0 Å². The number of carbonyl (C=O) groups is 2. The number of oxazole rings is 1. The summed E-state index contributed by atoms with van der Waals surface area (Å²) < 4.78 is 22.2. The van der Waals surface area contributed by atoms with Crippen LogP contribution in [0.1, 0.15) is 36.9 Å². The zero-order valence-corrected chi connectivity index (χ0v) is 28.0. The van der Waals surface area contributed by atoms with Gasteiger partial charge in [-0.3, -0.25) is 9.59 Å². The van der Waals surface area contributed by atoms with Crippen LogP contribution >= 0.6 is 23.4 Å². The second kappa shape index (κ2) is 18.4. The molecule has 6 N–H and O–H groups in total. The fourth-order valence-corrected chi connectivity index (χ4v) is 5.43. The van der Waals surface area contributed by atoms with Gasteiger partial charge in [-0.1, -0.05) is 35.5 Å². The highest BCUT2D eigenvalue weighted by atomic mass is 35.5. The van der Waals surface area contributed by atoms with Crippen molar-refractivity contribution in [2.75, 3.05) is 32.0 Å². The van der Waals surface area contributed by atoms with Gasteiger partial charge < -0.3 is 35.8 Å². The van der Waals surface area contributed by atoms with Crippen molar-refractivity contribution < 1.29 is 28.2 Å². The molecule has 0 fully saturated rings. The lowest BCUT2D eigenvalue weighted by Gasteiger charge is -2.19. The van der Waals surface area contributed by atoms with E-state index in [1.54, 1.807) is 48.5 Å². The Morgan fingerprint density at radius 3 is 2.33 bits per heavy atom. The van der Waals surface area contributed by atoms with E-state index in [1.165, 1.54) is 18.0 Å². The zero-order valence-electron chi connectivity index (χ0n) is 26.4. The molecule has 0 unspecified atom stereocenters. The molecule has 0 bridgehead atoms. The van der Waals surface area contributed by atoms with Crippen LogP contribution in [0, 0.1) is 17.9 Å². The van der Waals surface area contributed by atoms with Crippen LogP contribution in [0.4, 0.5) is 11.5 Å². The Balaban J connectivity index is 1.49. The second-order valence-electron chi connectivity index (χ2n) is 10.5. The molecule has 0 aliphatic rings. The van der Waals surface area contributed by atoms with E-state index in [-0.39, 0.29) is 43.1 Å². The molecular formula is C34H34ClN7O6S. The smallest absolute Gasteiger partial charge is 0.306 e. The Hall–Kier alpha value is -5.12. The lowest BCUT2D eigenvalue weighted by molar-refractivity contribution is -0.161. The van der Waals surface area contributed by atoms with Gasteiger partial charge in [-0.25, -0.2) is 14.8 Å². The van der Waals surface area contributed by atoms with Crippen molar-refractivity contribution in [3.8, 4) is 34.4 Å². The SMILES string of the molecule is [C-]#[N+]c1c(N)nc(SCc2coc(-c3ccc(Cl)cc3)n2)c(C#N)c1-c1ccc(OC[C@H](COC(=O)CCCN)OC(=O)CCCN)cc1. The number of hydrogen-bond donors (Lipinski definition) is 3. The molecule has 0 saturated heterocycles. The van der Waals surface area contributed by atoms with Crippen LogP contribution in [-0.2, 0) is 24.8 Å². The summed E-state index contributed by atoms with van der Waals surface area (Å²) in [6.45, 7) is 8.14. The van der Waals surface area contributed by atoms with E-state index in [1.807, 2.05) is 0 Å². The third-order valence-electron chi connectivity index (χ3n) is 6.87. The Labute approximate surface area is 292 Å². The maximum Gasteiger partial charge on any atom is 0.306 e. The third kappa shape index (κ3) is 10.4. The number of halogens is 1. The topological polar surface area (TPSA) is 207 Å². The van der Waals surface area contributed by atoms with Crippen LogP contribution in [-0.4, -0.2) is 54.3 Å². The molecule has 0 aliphatic carbocycles. The van der Waals surface area contributed by atoms with Crippen LogP contribution in [0.5, 0.6) is 5.75 Å². The summed E-state index contributed by atoms with van der Waals surface area (Å²) >= 11 is 7.21. The highest BCUT2D eigenvalue weighted by molar-refractivity contribution is 7.98. The van der Waals surface area contributed by atoms with Crippen LogP contribution in [0.15, 0.2) is 64.2 Å². The molecule has 0 spiro atoms. The van der Waals surface area contributed by atoms with Gasteiger partial charge >= 0.3 is 11.9 Å². The molecular weight excluding hydrogens is 670 g/mol. The predicted octanol–water partition coefficient (Wildman–Crippen LogP) is 5.67. The van der Waals surface area contributed by atoms with Crippen molar-refractivity contribution >= 4 is 46.8 Å². The van der Waals surface area contributed by atoms with Crippen molar-refractivity contribution in [2.24, 2.45) is 11.5 Å². The molecule has 2 aromatic carbocycles. The van der Waals surface area contributed by atoms with Crippen molar-refractivity contribution in [3.63, 3.8) is 0 Å². The van der Waals surface area contributed by atoms with Crippen molar-refractivity contribution in [3.05, 3.63) is 82.5 Å². The molecule has 0 aliphatic heterocycles. The van der Waals surface area contributed by atoms with Gasteiger partial charge in [0, 0.05) is 34.7 Å². The Morgan fingerprint density at radius 2 is 1.67 bits per heavy atom. The fraction of sp³-hybridized carbons (Fsp3) is 0.294. The summed E-state index contributed by atoms with van der Waals surface area (Å²) in [5.74, 6) is 0.183. The number of pyridine rings is 1. The summed E-state index contributed by atoms with van der Waals surface area (Å²) in [4.78, 5) is 36.7. The van der Waals surface area contributed by atoms with E-state index in [2.05, 4.69) is 20.9 Å². The summed E-state index contributed by atoms with van der Waals surface area (Å²) in [5, 5.41) is 11.1. The highest BCUT2D eigenvalue weighted by Crippen LogP contribution is 2.42. The van der Waals surface area contributed by atoms with Gasteiger partial charge in [0.15, 0.2) is 6.10 Å². The van der Waals surface area contributed by atoms with E-state index in [0.717, 1.165) is 5.56 Å². The first kappa shape index (κ1) is 36.7. The minimum Gasteiger partial charge on any atom is -0.490 e. The minimum absolute atomic E-state index is 0.0193. The lowest BCUT2D eigenvalue weighted by atomic mass is 10.00. The number of nitrogens with zero attached hydrogens (tertiary/aromatic N) is 4. The molecule has 1 atom stereocenters. The molecule has 0 amide bonds. The van der Waals surface area contributed by atoms with Gasteiger partial charge in [-0.2, -0.15) is 5.26 Å². The Bertz CT molecular complexity index is 1820. The molecule has 4 aromatic rings. The number of benzene rings is 2. The van der Waals surface area contributed by atoms with Crippen molar-refractivity contribution in [2.45, 2.75) is 42.6 Å². The Morgan fingerprint density at radius 1 is 1.00 bits per heavy atom. The maximum absolute atomic E-state index is 12.2. The standard InChI is InChI=1S/C34H34ClN7O6S/c1-40-31-30(27(16-38)34(42-32(31)39)49-20-24-17-47-33(41-24)22-6-10-23(35)11-7-22)21-8-12-25(13-9-21)45-18-26(48-29(44)5-3-15-37)19-46-28(43)4-2-14-36/h6-13,17,26H,2-5,14-15,18-20,36-37H2,(H2,39,42)/t26-/m1/s1. The number of aromatic nitrogens is 2. The lowest BCUT2D eigenvalue weighted by Crippen LogP contribution is -2.31. The molecule has 4 rings (SSSR count). The molecule has 49 heavy (non-hydrogen) atoms. The quantitative estimate of drug-likeness (QED) is 0.0689. The van der Waals surface area contributed by atoms with Gasteiger partial charge in [0.25, 0.3) is 0 Å². The first-order valence-corrected chi connectivity index (χ1v) is 16.5. The zero-order chi connectivity index (χ0) is 35.2.